The third-order valence-corrected chi connectivity index (χ3v) is 4.59. The maximum absolute atomic E-state index is 11.8. The predicted octanol–water partition coefficient (Wildman–Crippen LogP) is 4.36. The number of nitrogens with two attached hydrogens (primary N) is 1. The lowest BCUT2D eigenvalue weighted by atomic mass is 9.95. The van der Waals surface area contributed by atoms with Crippen molar-refractivity contribution in [3.63, 3.8) is 0 Å². The zero-order chi connectivity index (χ0) is 20.2. The summed E-state index contributed by atoms with van der Waals surface area (Å²) in [5.74, 6) is 0.0233. The van der Waals surface area contributed by atoms with E-state index >= 15 is 0 Å². The fraction of sp³-hybridized carbons (Fsp3) is 0.0435. The van der Waals surface area contributed by atoms with Crippen molar-refractivity contribution in [1.82, 2.24) is 15.0 Å². The Morgan fingerprint density at radius 3 is 2.62 bits per heavy atom. The van der Waals surface area contributed by atoms with Gasteiger partial charge >= 0.3 is 0 Å². The molecule has 0 saturated heterocycles. The van der Waals surface area contributed by atoms with Gasteiger partial charge in [-0.1, -0.05) is 24.3 Å². The van der Waals surface area contributed by atoms with Gasteiger partial charge in [0.15, 0.2) is 0 Å². The fourth-order valence-electron chi connectivity index (χ4n) is 3.15. The zero-order valence-electron chi connectivity index (χ0n) is 15.8. The van der Waals surface area contributed by atoms with Crippen LogP contribution in [0.25, 0.3) is 22.4 Å². The topological polar surface area (TPSA) is 93.8 Å². The molecular formula is C23H19N5O. The smallest absolute Gasteiger partial charge is 0.249 e. The summed E-state index contributed by atoms with van der Waals surface area (Å²) in [5, 5.41) is 3.24. The van der Waals surface area contributed by atoms with E-state index < -0.39 is 5.91 Å². The molecule has 4 aromatic rings. The summed E-state index contributed by atoms with van der Waals surface area (Å²) in [4.78, 5) is 24.9. The van der Waals surface area contributed by atoms with Crippen molar-refractivity contribution in [1.29, 1.82) is 0 Å². The molecule has 0 atom stereocenters. The third-order valence-electron chi connectivity index (χ3n) is 4.59. The molecule has 0 radical (unpaired) electrons. The average molecular weight is 381 g/mol. The number of aromatic nitrogens is 3. The molecule has 0 spiro atoms. The maximum atomic E-state index is 11.8. The van der Waals surface area contributed by atoms with Crippen molar-refractivity contribution < 1.29 is 4.79 Å². The van der Waals surface area contributed by atoms with E-state index in [0.717, 1.165) is 33.6 Å². The van der Waals surface area contributed by atoms with Crippen LogP contribution in [0.1, 0.15) is 15.9 Å². The monoisotopic (exact) mass is 381 g/mol. The Morgan fingerprint density at radius 1 is 0.966 bits per heavy atom. The van der Waals surface area contributed by atoms with Gasteiger partial charge in [-0.2, -0.15) is 0 Å². The van der Waals surface area contributed by atoms with E-state index in [9.17, 15) is 4.79 Å². The van der Waals surface area contributed by atoms with Gasteiger partial charge < -0.3 is 11.1 Å². The molecular weight excluding hydrogens is 362 g/mol. The zero-order valence-corrected chi connectivity index (χ0v) is 15.8. The quantitative estimate of drug-likeness (QED) is 0.536. The SMILES string of the molecule is Cc1ccc(Nc2nccc(-c3cccnc3)n2)cc1-c1ccccc1C(N)=O. The summed E-state index contributed by atoms with van der Waals surface area (Å²) in [5.41, 5.74) is 11.3. The summed E-state index contributed by atoms with van der Waals surface area (Å²) in [6, 6.07) is 18.9. The van der Waals surface area contributed by atoms with Gasteiger partial charge in [-0.25, -0.2) is 9.97 Å². The first-order valence-corrected chi connectivity index (χ1v) is 9.12. The number of benzene rings is 2. The summed E-state index contributed by atoms with van der Waals surface area (Å²) in [6.45, 7) is 2.00. The van der Waals surface area contributed by atoms with E-state index in [4.69, 9.17) is 5.73 Å². The molecule has 6 heteroatoms. The van der Waals surface area contributed by atoms with Gasteiger partial charge in [0, 0.05) is 35.4 Å². The molecule has 2 aromatic carbocycles. The molecule has 4 rings (SSSR count). The molecule has 29 heavy (non-hydrogen) atoms. The van der Waals surface area contributed by atoms with Crippen molar-refractivity contribution >= 4 is 17.5 Å². The summed E-state index contributed by atoms with van der Waals surface area (Å²) in [7, 11) is 0. The highest BCUT2D eigenvalue weighted by Crippen LogP contribution is 2.30. The highest BCUT2D eigenvalue weighted by atomic mass is 16.1. The largest absolute Gasteiger partial charge is 0.366 e. The molecule has 2 heterocycles. The Labute approximate surface area is 168 Å². The van der Waals surface area contributed by atoms with Gasteiger partial charge in [0.1, 0.15) is 0 Å². The number of carbonyl (C=O) groups excluding carboxylic acids is 1. The Kier molecular flexibility index (Phi) is 4.99. The maximum Gasteiger partial charge on any atom is 0.249 e. The van der Waals surface area contributed by atoms with Crippen LogP contribution in [-0.2, 0) is 0 Å². The predicted molar refractivity (Wildman–Crippen MR) is 114 cm³/mol. The number of anilines is 2. The molecule has 2 aromatic heterocycles. The number of primary amides is 1. The lowest BCUT2D eigenvalue weighted by Crippen LogP contribution is -2.12. The van der Waals surface area contributed by atoms with Crippen LogP contribution < -0.4 is 11.1 Å². The number of hydrogen-bond acceptors (Lipinski definition) is 5. The minimum Gasteiger partial charge on any atom is -0.366 e. The molecule has 0 bridgehead atoms. The van der Waals surface area contributed by atoms with Crippen LogP contribution in [0.2, 0.25) is 0 Å². The summed E-state index contributed by atoms with van der Waals surface area (Å²) >= 11 is 0. The van der Waals surface area contributed by atoms with E-state index in [0.29, 0.717) is 11.5 Å². The Balaban J connectivity index is 1.69. The van der Waals surface area contributed by atoms with Crippen LogP contribution in [-0.4, -0.2) is 20.9 Å². The van der Waals surface area contributed by atoms with Crippen molar-refractivity contribution in [2.24, 2.45) is 5.73 Å². The lowest BCUT2D eigenvalue weighted by Gasteiger charge is -2.13. The van der Waals surface area contributed by atoms with Crippen molar-refractivity contribution in [2.75, 3.05) is 5.32 Å². The van der Waals surface area contributed by atoms with Gasteiger partial charge in [-0.3, -0.25) is 9.78 Å². The number of carbonyl (C=O) groups is 1. The number of nitrogens with zero attached hydrogens (tertiary/aromatic N) is 3. The lowest BCUT2D eigenvalue weighted by molar-refractivity contribution is 0.100. The third kappa shape index (κ3) is 3.96. The molecule has 0 aliphatic heterocycles. The first-order chi connectivity index (χ1) is 14.1. The van der Waals surface area contributed by atoms with E-state index in [1.807, 2.05) is 55.5 Å². The number of rotatable bonds is 5. The summed E-state index contributed by atoms with van der Waals surface area (Å²) in [6.07, 6.45) is 5.19. The molecule has 0 unspecified atom stereocenters. The normalized spacial score (nSPS) is 10.5. The molecule has 0 aliphatic rings. The second-order valence-electron chi connectivity index (χ2n) is 6.57. The Morgan fingerprint density at radius 2 is 1.83 bits per heavy atom. The Hall–Kier alpha value is -4.06. The highest BCUT2D eigenvalue weighted by Gasteiger charge is 2.12. The van der Waals surface area contributed by atoms with Gasteiger partial charge in [0.2, 0.25) is 11.9 Å². The van der Waals surface area contributed by atoms with Crippen LogP contribution in [0.5, 0.6) is 0 Å². The van der Waals surface area contributed by atoms with Gasteiger partial charge in [0.05, 0.1) is 5.69 Å². The number of pyridine rings is 1. The van der Waals surface area contributed by atoms with E-state index in [-0.39, 0.29) is 0 Å². The van der Waals surface area contributed by atoms with E-state index in [2.05, 4.69) is 20.3 Å². The van der Waals surface area contributed by atoms with Gasteiger partial charge in [-0.15, -0.1) is 0 Å². The van der Waals surface area contributed by atoms with Crippen LogP contribution in [0.4, 0.5) is 11.6 Å². The second kappa shape index (κ2) is 7.90. The number of amides is 1. The summed E-state index contributed by atoms with van der Waals surface area (Å²) < 4.78 is 0. The number of nitrogens with one attached hydrogen (secondary N) is 1. The van der Waals surface area contributed by atoms with Crippen molar-refractivity contribution in [3.05, 3.63) is 90.4 Å². The minimum absolute atomic E-state index is 0.453. The average Bonchev–Trinajstić information content (AvgIpc) is 2.76. The molecule has 0 aliphatic carbocycles. The highest BCUT2D eigenvalue weighted by molar-refractivity contribution is 6.00. The van der Waals surface area contributed by atoms with Crippen LogP contribution in [0.3, 0.4) is 0 Å². The molecule has 0 fully saturated rings. The Bertz CT molecular complexity index is 1170. The van der Waals surface area contributed by atoms with E-state index in [1.54, 1.807) is 30.7 Å². The van der Waals surface area contributed by atoms with Crippen LogP contribution in [0.15, 0.2) is 79.3 Å². The standard InChI is InChI=1S/C23H19N5O/c1-15-8-9-17(13-20(15)18-6-2-3-7-19(18)22(24)29)27-23-26-12-10-21(28-23)16-5-4-11-25-14-16/h2-14H,1H3,(H2,24,29)(H,26,27,28). The van der Waals surface area contributed by atoms with Crippen molar-refractivity contribution in [2.45, 2.75) is 6.92 Å². The molecule has 3 N–H and O–H groups in total. The number of hydrogen-bond donors (Lipinski definition) is 2. The second-order valence-corrected chi connectivity index (χ2v) is 6.57. The number of aryl methyl sites for hydroxylation is 1. The first kappa shape index (κ1) is 18.3. The van der Waals surface area contributed by atoms with Crippen LogP contribution >= 0.6 is 0 Å². The molecule has 0 saturated carbocycles. The molecule has 1 amide bonds. The van der Waals surface area contributed by atoms with E-state index in [1.165, 1.54) is 0 Å². The molecule has 142 valence electrons. The fourth-order valence-corrected chi connectivity index (χ4v) is 3.15. The molecule has 6 nitrogen and oxygen atoms in total. The van der Waals surface area contributed by atoms with Gasteiger partial charge in [-0.05, 0) is 60.0 Å². The first-order valence-electron chi connectivity index (χ1n) is 9.12. The van der Waals surface area contributed by atoms with Crippen molar-refractivity contribution in [3.8, 4) is 22.4 Å². The van der Waals surface area contributed by atoms with Gasteiger partial charge in [0.25, 0.3) is 0 Å². The van der Waals surface area contributed by atoms with Crippen LogP contribution in [0, 0.1) is 6.92 Å². The minimum atomic E-state index is -0.453.